The first-order valence-corrected chi connectivity index (χ1v) is 7.80. The Morgan fingerprint density at radius 2 is 2.05 bits per heavy atom. The summed E-state index contributed by atoms with van der Waals surface area (Å²) in [6.45, 7) is 5.40. The number of aliphatic hydroxyl groups excluding tert-OH is 1. The van der Waals surface area contributed by atoms with E-state index in [1.807, 2.05) is 6.07 Å². The minimum absolute atomic E-state index is 0.0872. The molecule has 1 heterocycles. The fourth-order valence-electron chi connectivity index (χ4n) is 2.09. The summed E-state index contributed by atoms with van der Waals surface area (Å²) < 4.78 is 5.26. The molecule has 7 heteroatoms. The van der Waals surface area contributed by atoms with Crippen molar-refractivity contribution in [3.8, 4) is 6.07 Å². The molecule has 0 radical (unpaired) electrons. The van der Waals surface area contributed by atoms with Crippen molar-refractivity contribution in [3.63, 3.8) is 0 Å². The van der Waals surface area contributed by atoms with Crippen molar-refractivity contribution in [2.45, 2.75) is 19.3 Å². The first kappa shape index (κ1) is 18.4. The predicted octanol–water partition coefficient (Wildman–Crippen LogP) is -0.406. The highest BCUT2D eigenvalue weighted by Crippen LogP contribution is 1.96. The van der Waals surface area contributed by atoms with E-state index in [0.29, 0.717) is 13.1 Å². The lowest BCUT2D eigenvalue weighted by atomic mass is 10.2. The van der Waals surface area contributed by atoms with Crippen molar-refractivity contribution in [2.24, 2.45) is 0 Å². The van der Waals surface area contributed by atoms with Crippen LogP contribution < -0.4 is 10.6 Å². The number of carbonyl (C=O) groups excluding carboxylic acids is 1. The van der Waals surface area contributed by atoms with E-state index in [4.69, 9.17) is 15.1 Å². The van der Waals surface area contributed by atoms with Crippen molar-refractivity contribution >= 4 is 5.91 Å². The van der Waals surface area contributed by atoms with Gasteiger partial charge in [0.15, 0.2) is 0 Å². The topological polar surface area (TPSA) is 97.6 Å². The molecule has 0 atom stereocenters. The number of aliphatic hydroxyl groups is 1. The van der Waals surface area contributed by atoms with E-state index in [1.165, 1.54) is 6.20 Å². The molecule has 0 bridgehead atoms. The second-order valence-corrected chi connectivity index (χ2v) is 5.12. The summed E-state index contributed by atoms with van der Waals surface area (Å²) in [6.07, 6.45) is 4.06. The maximum atomic E-state index is 11.9. The van der Waals surface area contributed by atoms with E-state index in [0.717, 1.165) is 52.1 Å². The molecule has 0 aliphatic carbocycles. The van der Waals surface area contributed by atoms with Gasteiger partial charge in [0.25, 0.3) is 5.91 Å². The number of ether oxygens (including phenoxy) is 1. The lowest BCUT2D eigenvalue weighted by Crippen LogP contribution is -2.41. The van der Waals surface area contributed by atoms with Crippen molar-refractivity contribution < 1.29 is 14.6 Å². The first-order chi connectivity index (χ1) is 10.8. The number of hydrogen-bond donors (Lipinski definition) is 3. The minimum atomic E-state index is -0.349. The van der Waals surface area contributed by atoms with E-state index in [1.54, 1.807) is 0 Å². The number of hydrogen-bond acceptors (Lipinski definition) is 6. The average Bonchev–Trinajstić information content (AvgIpc) is 2.55. The fraction of sp³-hybridized carbons (Fsp3) is 0.733. The molecule has 0 aromatic heterocycles. The van der Waals surface area contributed by atoms with Gasteiger partial charge in [-0.05, 0) is 19.3 Å². The molecule has 1 amide bonds. The molecule has 1 aliphatic heterocycles. The third-order valence-corrected chi connectivity index (χ3v) is 3.41. The van der Waals surface area contributed by atoms with Crippen molar-refractivity contribution in [2.75, 3.05) is 52.5 Å². The van der Waals surface area contributed by atoms with Gasteiger partial charge >= 0.3 is 0 Å². The lowest BCUT2D eigenvalue weighted by Gasteiger charge is -2.26. The number of nitrogens with one attached hydrogen (secondary N) is 2. The van der Waals surface area contributed by atoms with Crippen molar-refractivity contribution in [1.82, 2.24) is 15.5 Å². The summed E-state index contributed by atoms with van der Waals surface area (Å²) in [7, 11) is 0. The zero-order valence-electron chi connectivity index (χ0n) is 13.0. The number of amides is 1. The van der Waals surface area contributed by atoms with Crippen LogP contribution in [-0.2, 0) is 9.53 Å². The lowest BCUT2D eigenvalue weighted by molar-refractivity contribution is -0.117. The SMILES string of the molecule is N#C/C(=C/NCCCCCO)C(=O)NCCN1CCOCC1. The second-order valence-electron chi connectivity index (χ2n) is 5.12. The maximum Gasteiger partial charge on any atom is 0.263 e. The van der Waals surface area contributed by atoms with Crippen LogP contribution in [-0.4, -0.2) is 68.5 Å². The van der Waals surface area contributed by atoms with E-state index >= 15 is 0 Å². The molecule has 0 saturated carbocycles. The standard InChI is InChI=1S/C15H26N4O3/c16-12-14(13-17-4-2-1-3-9-20)15(21)18-5-6-19-7-10-22-11-8-19/h13,17,20H,1-11H2,(H,18,21)/b14-13-. The maximum absolute atomic E-state index is 11.9. The van der Waals surface area contributed by atoms with Gasteiger partial charge < -0.3 is 20.5 Å². The third kappa shape index (κ3) is 7.98. The molecule has 22 heavy (non-hydrogen) atoms. The zero-order chi connectivity index (χ0) is 16.0. The van der Waals surface area contributed by atoms with Gasteiger partial charge in [0.05, 0.1) is 13.2 Å². The summed E-state index contributed by atoms with van der Waals surface area (Å²) in [5.41, 5.74) is 0.0872. The minimum Gasteiger partial charge on any atom is -0.396 e. The number of nitriles is 1. The molecule has 7 nitrogen and oxygen atoms in total. The molecular formula is C15H26N4O3. The Morgan fingerprint density at radius 3 is 2.73 bits per heavy atom. The van der Waals surface area contributed by atoms with Crippen LogP contribution in [0.4, 0.5) is 0 Å². The molecule has 0 unspecified atom stereocenters. The summed E-state index contributed by atoms with van der Waals surface area (Å²) in [5, 5.41) is 23.4. The summed E-state index contributed by atoms with van der Waals surface area (Å²) in [5.74, 6) is -0.349. The van der Waals surface area contributed by atoms with E-state index in [2.05, 4.69) is 15.5 Å². The molecular weight excluding hydrogens is 284 g/mol. The van der Waals surface area contributed by atoms with Gasteiger partial charge in [-0.3, -0.25) is 9.69 Å². The quantitative estimate of drug-likeness (QED) is 0.288. The monoisotopic (exact) mass is 310 g/mol. The van der Waals surface area contributed by atoms with E-state index in [9.17, 15) is 4.79 Å². The molecule has 1 aliphatic rings. The van der Waals surface area contributed by atoms with Crippen molar-refractivity contribution in [3.05, 3.63) is 11.8 Å². The van der Waals surface area contributed by atoms with Crippen LogP contribution >= 0.6 is 0 Å². The zero-order valence-corrected chi connectivity index (χ0v) is 13.0. The van der Waals surface area contributed by atoms with Gasteiger partial charge in [-0.25, -0.2) is 0 Å². The predicted molar refractivity (Wildman–Crippen MR) is 82.9 cm³/mol. The number of rotatable bonds is 10. The Balaban J connectivity index is 2.18. The van der Waals surface area contributed by atoms with Gasteiger partial charge in [0.1, 0.15) is 11.6 Å². The summed E-state index contributed by atoms with van der Waals surface area (Å²) in [6, 6.07) is 1.91. The van der Waals surface area contributed by atoms with Gasteiger partial charge in [-0.2, -0.15) is 5.26 Å². The Hall–Kier alpha value is -1.62. The molecule has 1 saturated heterocycles. The van der Waals surface area contributed by atoms with Crippen LogP contribution in [0.1, 0.15) is 19.3 Å². The Bertz CT molecular complexity index is 387. The smallest absolute Gasteiger partial charge is 0.263 e. The Morgan fingerprint density at radius 1 is 1.27 bits per heavy atom. The largest absolute Gasteiger partial charge is 0.396 e. The Labute approximate surface area is 131 Å². The molecule has 1 rings (SSSR count). The van der Waals surface area contributed by atoms with Gasteiger partial charge in [-0.15, -0.1) is 0 Å². The number of morpholine rings is 1. The molecule has 0 spiro atoms. The van der Waals surface area contributed by atoms with Gasteiger partial charge in [0, 0.05) is 45.5 Å². The van der Waals surface area contributed by atoms with Crippen molar-refractivity contribution in [1.29, 1.82) is 5.26 Å². The average molecular weight is 310 g/mol. The van der Waals surface area contributed by atoms with E-state index < -0.39 is 0 Å². The van der Waals surface area contributed by atoms with E-state index in [-0.39, 0.29) is 18.1 Å². The molecule has 0 aromatic carbocycles. The molecule has 0 aromatic rings. The van der Waals surface area contributed by atoms with Gasteiger partial charge in [-0.1, -0.05) is 0 Å². The van der Waals surface area contributed by atoms with Crippen LogP contribution in [0.15, 0.2) is 11.8 Å². The Kier molecular flexibility index (Phi) is 10.0. The van der Waals surface area contributed by atoms with Gasteiger partial charge in [0.2, 0.25) is 0 Å². The number of nitrogens with zero attached hydrogens (tertiary/aromatic N) is 2. The fourth-order valence-corrected chi connectivity index (χ4v) is 2.09. The summed E-state index contributed by atoms with van der Waals surface area (Å²) in [4.78, 5) is 14.1. The van der Waals surface area contributed by atoms with Crippen LogP contribution in [0.3, 0.4) is 0 Å². The van der Waals surface area contributed by atoms with Crippen LogP contribution in [0.5, 0.6) is 0 Å². The second kappa shape index (κ2) is 12.0. The van der Waals surface area contributed by atoms with Crippen LogP contribution in [0, 0.1) is 11.3 Å². The normalized spacial score (nSPS) is 16.1. The van der Waals surface area contributed by atoms with Crippen LogP contribution in [0.25, 0.3) is 0 Å². The highest BCUT2D eigenvalue weighted by molar-refractivity contribution is 5.97. The van der Waals surface area contributed by atoms with Crippen LogP contribution in [0.2, 0.25) is 0 Å². The molecule has 1 fully saturated rings. The first-order valence-electron chi connectivity index (χ1n) is 7.80. The number of unbranched alkanes of at least 4 members (excludes halogenated alkanes) is 2. The molecule has 124 valence electrons. The summed E-state index contributed by atoms with van der Waals surface area (Å²) >= 11 is 0. The highest BCUT2D eigenvalue weighted by Gasteiger charge is 2.11. The number of carbonyl (C=O) groups is 1. The third-order valence-electron chi connectivity index (χ3n) is 3.41. The molecule has 3 N–H and O–H groups in total. The highest BCUT2D eigenvalue weighted by atomic mass is 16.5.